The molecule has 0 spiro atoms. The van der Waals surface area contributed by atoms with Crippen molar-refractivity contribution in [2.75, 3.05) is 54.1 Å². The minimum Gasteiger partial charge on any atom is -0.457 e. The van der Waals surface area contributed by atoms with Gasteiger partial charge in [0.15, 0.2) is 0 Å². The highest BCUT2D eigenvalue weighted by Crippen LogP contribution is 2.43. The van der Waals surface area contributed by atoms with E-state index in [0.29, 0.717) is 30.5 Å². The number of allylic oxidation sites excluding steroid dienone is 9. The van der Waals surface area contributed by atoms with Crippen LogP contribution in [0.25, 0.3) is 0 Å². The van der Waals surface area contributed by atoms with E-state index in [-0.39, 0.29) is 25.8 Å². The molecule has 0 radical (unpaired) electrons. The van der Waals surface area contributed by atoms with Crippen LogP contribution in [0, 0.1) is 0 Å². The molecule has 0 aliphatic carbocycles. The third-order valence-electron chi connectivity index (χ3n) is 7.11. The van der Waals surface area contributed by atoms with Crippen LogP contribution in [0.1, 0.15) is 117 Å². The first-order chi connectivity index (χ1) is 22.6. The summed E-state index contributed by atoms with van der Waals surface area (Å²) in [6.07, 6.45) is 37.1. The van der Waals surface area contributed by atoms with Crippen LogP contribution in [0.3, 0.4) is 0 Å². The Balaban J connectivity index is 4.45. The van der Waals surface area contributed by atoms with E-state index in [0.717, 1.165) is 51.4 Å². The predicted octanol–water partition coefficient (Wildman–Crippen LogP) is 9.82. The first kappa shape index (κ1) is 45.2. The van der Waals surface area contributed by atoms with E-state index in [2.05, 4.69) is 74.6 Å². The average molecular weight is 683 g/mol. The monoisotopic (exact) mass is 682 g/mol. The minimum absolute atomic E-state index is 0.0735. The lowest BCUT2D eigenvalue weighted by molar-refractivity contribution is -0.870. The van der Waals surface area contributed by atoms with E-state index in [4.69, 9.17) is 18.5 Å². The predicted molar refractivity (Wildman–Crippen MR) is 196 cm³/mol. The summed E-state index contributed by atoms with van der Waals surface area (Å²) in [7, 11) is 1.61. The van der Waals surface area contributed by atoms with Crippen LogP contribution in [0.2, 0.25) is 0 Å². The molecule has 8 nitrogen and oxygen atoms in total. The molecule has 0 aliphatic rings. The molecule has 0 rings (SSSR count). The molecule has 9 heteroatoms. The first-order valence-electron chi connectivity index (χ1n) is 18.0. The van der Waals surface area contributed by atoms with Crippen molar-refractivity contribution < 1.29 is 37.3 Å². The second-order valence-electron chi connectivity index (χ2n) is 12.9. The zero-order valence-electron chi connectivity index (χ0n) is 30.5. The van der Waals surface area contributed by atoms with Crippen molar-refractivity contribution in [3.05, 3.63) is 60.8 Å². The van der Waals surface area contributed by atoms with Crippen molar-refractivity contribution in [3.8, 4) is 0 Å². The molecule has 0 amide bonds. The lowest BCUT2D eigenvalue weighted by atomic mass is 10.1. The van der Waals surface area contributed by atoms with Crippen LogP contribution in [-0.4, -0.2) is 75.6 Å². The number of phosphoric ester groups is 1. The molecular formula is C38H69NO7P+. The Hall–Kier alpha value is -1.80. The number of hydrogen-bond acceptors (Lipinski definition) is 6. The molecule has 47 heavy (non-hydrogen) atoms. The van der Waals surface area contributed by atoms with Gasteiger partial charge in [0, 0.05) is 6.42 Å². The number of rotatable bonds is 32. The Morgan fingerprint density at radius 3 is 1.72 bits per heavy atom. The van der Waals surface area contributed by atoms with Gasteiger partial charge in [-0.2, -0.15) is 0 Å². The third kappa shape index (κ3) is 35.3. The van der Waals surface area contributed by atoms with Gasteiger partial charge in [0.2, 0.25) is 0 Å². The van der Waals surface area contributed by atoms with Crippen molar-refractivity contribution in [1.82, 2.24) is 0 Å². The smallest absolute Gasteiger partial charge is 0.457 e. The molecule has 0 bridgehead atoms. The molecule has 1 N–H and O–H groups in total. The SMILES string of the molecule is CC/C=C\C/C=C\C/C=C\C/C=C\C/C=C\CCOCC(COP(=O)(O)OCC[N+](C)(C)C)OC(=O)CCCCCCCCCCC. The maximum absolute atomic E-state index is 12.5. The van der Waals surface area contributed by atoms with Crippen molar-refractivity contribution in [3.63, 3.8) is 0 Å². The second-order valence-corrected chi connectivity index (χ2v) is 14.3. The number of esters is 1. The number of hydrogen-bond donors (Lipinski definition) is 1. The molecule has 272 valence electrons. The minimum atomic E-state index is -4.28. The number of carbonyl (C=O) groups is 1. The molecule has 0 aromatic heterocycles. The van der Waals surface area contributed by atoms with Crippen LogP contribution in [0.5, 0.6) is 0 Å². The number of phosphoric acid groups is 1. The quantitative estimate of drug-likeness (QED) is 0.0248. The summed E-state index contributed by atoms with van der Waals surface area (Å²) in [6, 6.07) is 0. The normalized spacial score (nSPS) is 14.8. The highest BCUT2D eigenvalue weighted by Gasteiger charge is 2.26. The van der Waals surface area contributed by atoms with E-state index < -0.39 is 13.9 Å². The molecule has 2 atom stereocenters. The number of likely N-dealkylation sites (N-methyl/N-ethyl adjacent to an activating group) is 1. The van der Waals surface area contributed by atoms with Crippen molar-refractivity contribution in [2.24, 2.45) is 0 Å². The van der Waals surface area contributed by atoms with Gasteiger partial charge in [0.1, 0.15) is 19.3 Å². The number of unbranched alkanes of at least 4 members (excludes halogenated alkanes) is 8. The van der Waals surface area contributed by atoms with Crippen LogP contribution in [0.15, 0.2) is 60.8 Å². The number of ether oxygens (including phenoxy) is 2. The fourth-order valence-electron chi connectivity index (χ4n) is 4.32. The van der Waals surface area contributed by atoms with Crippen molar-refractivity contribution >= 4 is 13.8 Å². The van der Waals surface area contributed by atoms with Gasteiger partial charge in [-0.15, -0.1) is 0 Å². The van der Waals surface area contributed by atoms with Crippen LogP contribution < -0.4 is 0 Å². The van der Waals surface area contributed by atoms with Crippen LogP contribution in [0.4, 0.5) is 0 Å². The van der Waals surface area contributed by atoms with E-state index in [9.17, 15) is 14.3 Å². The Labute approximate surface area is 288 Å². The lowest BCUT2D eigenvalue weighted by Crippen LogP contribution is -2.37. The molecule has 2 unspecified atom stereocenters. The first-order valence-corrected chi connectivity index (χ1v) is 19.5. The molecule has 0 aromatic carbocycles. The summed E-state index contributed by atoms with van der Waals surface area (Å²) in [4.78, 5) is 22.6. The van der Waals surface area contributed by atoms with Gasteiger partial charge in [-0.05, 0) is 44.9 Å². The number of quaternary nitrogens is 1. The highest BCUT2D eigenvalue weighted by atomic mass is 31.2. The Bertz CT molecular complexity index is 937. The summed E-state index contributed by atoms with van der Waals surface area (Å²) in [5.74, 6) is -0.346. The molecule has 0 fully saturated rings. The topological polar surface area (TPSA) is 91.3 Å². The zero-order valence-corrected chi connectivity index (χ0v) is 31.4. The standard InChI is InChI=1S/C38H68NO7P/c1-6-8-10-12-14-16-17-18-19-20-21-22-24-26-28-30-33-43-35-37(36-45-47(41,42)44-34-32-39(3,4)5)46-38(40)31-29-27-25-23-15-13-11-9-7-2/h8,10,14,16,18-19,21-22,26,28,37H,6-7,9,11-13,15,17,20,23-25,27,29-36H2,1-5H3/p+1/b10-8-,16-14-,19-18-,22-21-,28-26-. The van der Waals surface area contributed by atoms with Gasteiger partial charge >= 0.3 is 13.8 Å². The number of carbonyl (C=O) groups excluding carboxylic acids is 1. The Morgan fingerprint density at radius 2 is 1.19 bits per heavy atom. The van der Waals surface area contributed by atoms with Crippen LogP contribution in [-0.2, 0) is 27.9 Å². The van der Waals surface area contributed by atoms with Gasteiger partial charge in [-0.3, -0.25) is 13.8 Å². The Morgan fingerprint density at radius 1 is 0.681 bits per heavy atom. The Kier molecular flexibility index (Phi) is 30.3. The van der Waals surface area contributed by atoms with Gasteiger partial charge in [0.25, 0.3) is 0 Å². The average Bonchev–Trinajstić information content (AvgIpc) is 3.01. The fourth-order valence-corrected chi connectivity index (χ4v) is 5.06. The highest BCUT2D eigenvalue weighted by molar-refractivity contribution is 7.47. The second kappa shape index (κ2) is 31.5. The van der Waals surface area contributed by atoms with Crippen molar-refractivity contribution in [1.29, 1.82) is 0 Å². The van der Waals surface area contributed by atoms with Gasteiger partial charge < -0.3 is 18.9 Å². The van der Waals surface area contributed by atoms with E-state index in [1.165, 1.54) is 38.5 Å². The zero-order chi connectivity index (χ0) is 34.9. The summed E-state index contributed by atoms with van der Waals surface area (Å²) in [6.45, 7) is 5.22. The van der Waals surface area contributed by atoms with Gasteiger partial charge in [-0.25, -0.2) is 4.57 Å². The molecule has 0 aromatic rings. The lowest BCUT2D eigenvalue weighted by Gasteiger charge is -2.24. The maximum atomic E-state index is 12.5. The largest absolute Gasteiger partial charge is 0.472 e. The molecular weight excluding hydrogens is 613 g/mol. The summed E-state index contributed by atoms with van der Waals surface area (Å²) < 4.78 is 34.6. The number of nitrogens with zero attached hydrogens (tertiary/aromatic N) is 1. The molecule has 0 heterocycles. The summed E-state index contributed by atoms with van der Waals surface area (Å²) in [5.41, 5.74) is 0. The van der Waals surface area contributed by atoms with E-state index in [1.54, 1.807) is 0 Å². The molecule has 0 aliphatic heterocycles. The fraction of sp³-hybridized carbons (Fsp3) is 0.711. The van der Waals surface area contributed by atoms with Crippen molar-refractivity contribution in [2.45, 2.75) is 123 Å². The van der Waals surface area contributed by atoms with E-state index in [1.807, 2.05) is 21.1 Å². The molecule has 0 saturated carbocycles. The maximum Gasteiger partial charge on any atom is 0.472 e. The van der Waals surface area contributed by atoms with E-state index >= 15 is 0 Å². The summed E-state index contributed by atoms with van der Waals surface area (Å²) >= 11 is 0. The van der Waals surface area contributed by atoms with Gasteiger partial charge in [-0.1, -0.05) is 126 Å². The molecule has 0 saturated heterocycles. The third-order valence-corrected chi connectivity index (χ3v) is 8.10. The summed E-state index contributed by atoms with van der Waals surface area (Å²) in [5, 5.41) is 0. The van der Waals surface area contributed by atoms with Gasteiger partial charge in [0.05, 0.1) is 41.0 Å². The van der Waals surface area contributed by atoms with Crippen LogP contribution >= 0.6 is 7.82 Å².